The number of morpholine rings is 1. The molecule has 0 saturated carbocycles. The first-order valence-corrected chi connectivity index (χ1v) is 8.97. The third-order valence-electron chi connectivity index (χ3n) is 5.30. The molecule has 2 fully saturated rings. The van der Waals surface area contributed by atoms with Crippen LogP contribution in [0.5, 0.6) is 0 Å². The fraction of sp³-hybridized carbons (Fsp3) is 0.474. The highest BCUT2D eigenvalue weighted by atomic mass is 19.1. The fourth-order valence-electron chi connectivity index (χ4n) is 3.88. The highest BCUT2D eigenvalue weighted by Gasteiger charge is 2.38. The van der Waals surface area contributed by atoms with Gasteiger partial charge in [0.05, 0.1) is 25.3 Å². The first-order chi connectivity index (χ1) is 12.6. The summed E-state index contributed by atoms with van der Waals surface area (Å²) in [5.74, 6) is -0.0671. The number of aryl methyl sites for hydroxylation is 1. The molecule has 138 valence electrons. The topological polar surface area (TPSA) is 59.4 Å². The third kappa shape index (κ3) is 3.37. The van der Waals surface area contributed by atoms with Gasteiger partial charge in [-0.1, -0.05) is 12.1 Å². The van der Waals surface area contributed by atoms with Gasteiger partial charge in [-0.05, 0) is 23.3 Å². The molecule has 2 saturated heterocycles. The average molecular weight is 358 g/mol. The van der Waals surface area contributed by atoms with Gasteiger partial charge in [0.25, 0.3) is 0 Å². The molecule has 1 N–H and O–H groups in total. The lowest BCUT2D eigenvalue weighted by Gasteiger charge is -2.35. The van der Waals surface area contributed by atoms with E-state index in [0.29, 0.717) is 26.2 Å². The summed E-state index contributed by atoms with van der Waals surface area (Å²) in [6.45, 7) is 3.05. The van der Waals surface area contributed by atoms with E-state index in [1.165, 1.54) is 12.1 Å². The van der Waals surface area contributed by atoms with E-state index in [2.05, 4.69) is 10.4 Å². The largest absolute Gasteiger partial charge is 0.370 e. The van der Waals surface area contributed by atoms with Crippen LogP contribution >= 0.6 is 0 Å². The molecule has 2 aliphatic rings. The summed E-state index contributed by atoms with van der Waals surface area (Å²) < 4.78 is 20.7. The summed E-state index contributed by atoms with van der Waals surface area (Å²) in [4.78, 5) is 15.1. The quantitative estimate of drug-likeness (QED) is 0.903. The van der Waals surface area contributed by atoms with Gasteiger partial charge in [0.15, 0.2) is 0 Å². The second-order valence-corrected chi connectivity index (χ2v) is 7.01. The molecular weight excluding hydrogens is 335 g/mol. The van der Waals surface area contributed by atoms with Crippen molar-refractivity contribution in [2.45, 2.75) is 12.0 Å². The summed E-state index contributed by atoms with van der Waals surface area (Å²) in [6.07, 6.45) is 3.62. The molecule has 6 nitrogen and oxygen atoms in total. The Morgan fingerprint density at radius 3 is 2.81 bits per heavy atom. The van der Waals surface area contributed by atoms with Gasteiger partial charge in [-0.15, -0.1) is 0 Å². The summed E-state index contributed by atoms with van der Waals surface area (Å²) >= 11 is 0. The van der Waals surface area contributed by atoms with Crippen molar-refractivity contribution < 1.29 is 13.9 Å². The standard InChI is InChI=1S/C19H23FN4O2/c1-23-11-14(8-22-23)16-9-21-10-17(16)19(25)24-6-7-26-18(12-24)13-2-4-15(20)5-3-13/h2-5,8,11,16-18,21H,6-7,9-10,12H2,1H3/t16-,17+,18?/m1/s1. The van der Waals surface area contributed by atoms with Crippen LogP contribution in [0, 0.1) is 11.7 Å². The summed E-state index contributed by atoms with van der Waals surface area (Å²) in [6, 6.07) is 6.31. The van der Waals surface area contributed by atoms with Gasteiger partial charge in [0.2, 0.25) is 5.91 Å². The molecule has 1 amide bonds. The SMILES string of the molecule is Cn1cc([C@H]2CNC[C@@H]2C(=O)N2CCOC(c3ccc(F)cc3)C2)cn1. The predicted molar refractivity (Wildman–Crippen MR) is 94.0 cm³/mol. The lowest BCUT2D eigenvalue weighted by atomic mass is 9.89. The lowest BCUT2D eigenvalue weighted by molar-refractivity contribution is -0.143. The molecule has 1 unspecified atom stereocenters. The minimum absolute atomic E-state index is 0.0915. The van der Waals surface area contributed by atoms with Gasteiger partial charge in [-0.25, -0.2) is 4.39 Å². The molecule has 26 heavy (non-hydrogen) atoms. The molecule has 3 atom stereocenters. The highest BCUT2D eigenvalue weighted by Crippen LogP contribution is 2.31. The predicted octanol–water partition coefficient (Wildman–Crippen LogP) is 1.46. The number of rotatable bonds is 3. The number of carbonyl (C=O) groups is 1. The summed E-state index contributed by atoms with van der Waals surface area (Å²) in [5.41, 5.74) is 2.00. The Hall–Kier alpha value is -2.25. The fourth-order valence-corrected chi connectivity index (χ4v) is 3.88. The molecule has 0 radical (unpaired) electrons. The molecule has 0 aliphatic carbocycles. The van der Waals surface area contributed by atoms with Crippen LogP contribution in [-0.2, 0) is 16.6 Å². The van der Waals surface area contributed by atoms with Crippen molar-refractivity contribution in [1.29, 1.82) is 0 Å². The smallest absolute Gasteiger partial charge is 0.227 e. The van der Waals surface area contributed by atoms with Crippen molar-refractivity contribution in [3.8, 4) is 0 Å². The van der Waals surface area contributed by atoms with E-state index in [1.54, 1.807) is 16.8 Å². The van der Waals surface area contributed by atoms with Crippen LogP contribution in [-0.4, -0.2) is 53.4 Å². The van der Waals surface area contributed by atoms with Crippen LogP contribution in [0.4, 0.5) is 4.39 Å². The Morgan fingerprint density at radius 1 is 1.27 bits per heavy atom. The van der Waals surface area contributed by atoms with Gasteiger partial charge in [0, 0.05) is 38.8 Å². The van der Waals surface area contributed by atoms with Crippen LogP contribution in [0.2, 0.25) is 0 Å². The maximum atomic E-state index is 13.2. The van der Waals surface area contributed by atoms with E-state index >= 15 is 0 Å². The van der Waals surface area contributed by atoms with Crippen molar-refractivity contribution in [3.63, 3.8) is 0 Å². The zero-order chi connectivity index (χ0) is 18.1. The minimum Gasteiger partial charge on any atom is -0.370 e. The van der Waals surface area contributed by atoms with Crippen LogP contribution in [0.25, 0.3) is 0 Å². The number of amides is 1. The Kier molecular flexibility index (Phi) is 4.74. The van der Waals surface area contributed by atoms with Crippen molar-refractivity contribution in [2.75, 3.05) is 32.8 Å². The van der Waals surface area contributed by atoms with Crippen LogP contribution < -0.4 is 5.32 Å². The molecule has 2 aliphatic heterocycles. The van der Waals surface area contributed by atoms with Crippen molar-refractivity contribution in [2.24, 2.45) is 13.0 Å². The second-order valence-electron chi connectivity index (χ2n) is 7.01. The molecule has 1 aromatic carbocycles. The van der Waals surface area contributed by atoms with Crippen molar-refractivity contribution >= 4 is 5.91 Å². The normalized spacial score (nSPS) is 26.2. The zero-order valence-electron chi connectivity index (χ0n) is 14.8. The van der Waals surface area contributed by atoms with E-state index in [1.807, 2.05) is 24.3 Å². The van der Waals surface area contributed by atoms with Crippen LogP contribution in [0.15, 0.2) is 36.7 Å². The zero-order valence-corrected chi connectivity index (χ0v) is 14.8. The van der Waals surface area contributed by atoms with E-state index < -0.39 is 0 Å². The third-order valence-corrected chi connectivity index (χ3v) is 5.30. The number of nitrogens with zero attached hydrogens (tertiary/aromatic N) is 3. The number of ether oxygens (including phenoxy) is 1. The Morgan fingerprint density at radius 2 is 2.08 bits per heavy atom. The number of hydrogen-bond acceptors (Lipinski definition) is 4. The molecular formula is C19H23FN4O2. The second kappa shape index (κ2) is 7.17. The maximum Gasteiger partial charge on any atom is 0.227 e. The van der Waals surface area contributed by atoms with Crippen molar-refractivity contribution in [3.05, 3.63) is 53.6 Å². The Balaban J connectivity index is 1.47. The molecule has 2 aromatic rings. The van der Waals surface area contributed by atoms with Gasteiger partial charge in [0.1, 0.15) is 11.9 Å². The number of carbonyl (C=O) groups excluding carboxylic acids is 1. The summed E-state index contributed by atoms with van der Waals surface area (Å²) in [5, 5.41) is 7.58. The van der Waals surface area contributed by atoms with E-state index in [9.17, 15) is 9.18 Å². The first kappa shape index (κ1) is 17.2. The van der Waals surface area contributed by atoms with Crippen LogP contribution in [0.1, 0.15) is 23.1 Å². The monoisotopic (exact) mass is 358 g/mol. The number of aromatic nitrogens is 2. The van der Waals surface area contributed by atoms with E-state index in [4.69, 9.17) is 4.74 Å². The van der Waals surface area contributed by atoms with E-state index in [0.717, 1.165) is 17.7 Å². The minimum atomic E-state index is -0.270. The highest BCUT2D eigenvalue weighted by molar-refractivity contribution is 5.80. The van der Waals surface area contributed by atoms with Crippen LogP contribution in [0.3, 0.4) is 0 Å². The average Bonchev–Trinajstić information content (AvgIpc) is 3.30. The van der Waals surface area contributed by atoms with Gasteiger partial charge < -0.3 is 15.0 Å². The number of nitrogens with one attached hydrogen (secondary N) is 1. The van der Waals surface area contributed by atoms with Gasteiger partial charge in [-0.2, -0.15) is 5.10 Å². The summed E-state index contributed by atoms with van der Waals surface area (Å²) in [7, 11) is 1.89. The first-order valence-electron chi connectivity index (χ1n) is 8.97. The number of benzene rings is 1. The van der Waals surface area contributed by atoms with Crippen molar-refractivity contribution in [1.82, 2.24) is 20.0 Å². The Bertz CT molecular complexity index is 776. The van der Waals surface area contributed by atoms with Gasteiger partial charge >= 0.3 is 0 Å². The molecule has 7 heteroatoms. The van der Waals surface area contributed by atoms with Gasteiger partial charge in [-0.3, -0.25) is 9.48 Å². The number of hydrogen-bond donors (Lipinski definition) is 1. The molecule has 4 rings (SSSR count). The molecule has 0 bridgehead atoms. The lowest BCUT2D eigenvalue weighted by Crippen LogP contribution is -2.46. The molecule has 3 heterocycles. The van der Waals surface area contributed by atoms with E-state index in [-0.39, 0.29) is 29.7 Å². The maximum absolute atomic E-state index is 13.2. The number of halogens is 1. The molecule has 1 aromatic heterocycles. The molecule has 0 spiro atoms. The Labute approximate surface area is 151 Å².